The number of ether oxygens (including phenoxy) is 1. The fourth-order valence-corrected chi connectivity index (χ4v) is 3.09. The molecule has 6 heteroatoms. The molecule has 1 saturated heterocycles. The van der Waals surface area contributed by atoms with E-state index < -0.39 is 0 Å². The molecule has 24 heavy (non-hydrogen) atoms. The number of carbonyl (C=O) groups is 1. The van der Waals surface area contributed by atoms with Crippen molar-refractivity contribution in [2.24, 2.45) is 5.92 Å². The minimum Gasteiger partial charge on any atom is -0.372 e. The van der Waals surface area contributed by atoms with Crippen LogP contribution >= 0.6 is 0 Å². The van der Waals surface area contributed by atoms with E-state index in [1.807, 2.05) is 28.7 Å². The summed E-state index contributed by atoms with van der Waals surface area (Å²) in [5.74, 6) is 0.771. The standard InChI is InChI=1S/C18H27N3O3/c1-2-24-14-18(23)20-9-7-19(8-10-20)11-16-5-6-17(22)21(13-16)12-15-3-4-15/h5-6,13,15H,2-4,7-12,14H2,1H3. The SMILES string of the molecule is CCOCC(=O)N1CCN(Cc2ccc(=O)n(CC3CC3)c2)CC1. The molecule has 3 rings (SSSR count). The third-order valence-electron chi connectivity index (χ3n) is 4.76. The molecule has 1 aliphatic heterocycles. The molecule has 1 aromatic rings. The lowest BCUT2D eigenvalue weighted by Gasteiger charge is -2.34. The van der Waals surface area contributed by atoms with Crippen LogP contribution in [0.2, 0.25) is 0 Å². The fraction of sp³-hybridized carbons (Fsp3) is 0.667. The van der Waals surface area contributed by atoms with Crippen LogP contribution < -0.4 is 5.56 Å². The van der Waals surface area contributed by atoms with Crippen molar-refractivity contribution in [3.63, 3.8) is 0 Å². The van der Waals surface area contributed by atoms with E-state index in [0.29, 0.717) is 12.5 Å². The van der Waals surface area contributed by atoms with Crippen molar-refractivity contribution in [1.82, 2.24) is 14.4 Å². The van der Waals surface area contributed by atoms with Gasteiger partial charge in [0.2, 0.25) is 5.91 Å². The molecular weight excluding hydrogens is 306 g/mol. The van der Waals surface area contributed by atoms with Gasteiger partial charge in [-0.1, -0.05) is 6.07 Å². The number of amides is 1. The molecule has 1 aliphatic carbocycles. The van der Waals surface area contributed by atoms with Gasteiger partial charge in [0.25, 0.3) is 5.56 Å². The zero-order chi connectivity index (χ0) is 16.9. The van der Waals surface area contributed by atoms with Gasteiger partial charge < -0.3 is 14.2 Å². The summed E-state index contributed by atoms with van der Waals surface area (Å²) in [6.07, 6.45) is 4.50. The van der Waals surface area contributed by atoms with E-state index in [9.17, 15) is 9.59 Å². The highest BCUT2D eigenvalue weighted by Gasteiger charge is 2.23. The molecule has 0 N–H and O–H groups in total. The normalized spacial score (nSPS) is 18.8. The van der Waals surface area contributed by atoms with Crippen molar-refractivity contribution >= 4 is 5.91 Å². The molecule has 0 unspecified atom stereocenters. The molecule has 1 saturated carbocycles. The third kappa shape index (κ3) is 4.68. The Kier molecular flexibility index (Phi) is 5.68. The highest BCUT2D eigenvalue weighted by molar-refractivity contribution is 5.77. The number of hydrogen-bond donors (Lipinski definition) is 0. The van der Waals surface area contributed by atoms with Crippen molar-refractivity contribution in [3.05, 3.63) is 34.2 Å². The van der Waals surface area contributed by atoms with Crippen molar-refractivity contribution < 1.29 is 9.53 Å². The lowest BCUT2D eigenvalue weighted by atomic mass is 10.2. The van der Waals surface area contributed by atoms with E-state index in [0.717, 1.165) is 39.3 Å². The smallest absolute Gasteiger partial charge is 0.250 e. The molecule has 1 aromatic heterocycles. The monoisotopic (exact) mass is 333 g/mol. The van der Waals surface area contributed by atoms with Crippen molar-refractivity contribution in [2.45, 2.75) is 32.9 Å². The molecular formula is C18H27N3O3. The Hall–Kier alpha value is -1.66. The van der Waals surface area contributed by atoms with Gasteiger partial charge in [0.15, 0.2) is 0 Å². The molecule has 2 aliphatic rings. The molecule has 2 heterocycles. The topological polar surface area (TPSA) is 54.8 Å². The maximum absolute atomic E-state index is 12.0. The summed E-state index contributed by atoms with van der Waals surface area (Å²) in [6, 6.07) is 3.61. The first-order chi connectivity index (χ1) is 11.7. The van der Waals surface area contributed by atoms with Crippen LogP contribution in [0.15, 0.2) is 23.1 Å². The first-order valence-electron chi connectivity index (χ1n) is 8.93. The van der Waals surface area contributed by atoms with E-state index >= 15 is 0 Å². The number of carbonyl (C=O) groups excluding carboxylic acids is 1. The maximum Gasteiger partial charge on any atom is 0.250 e. The van der Waals surface area contributed by atoms with Gasteiger partial charge in [0, 0.05) is 58.1 Å². The summed E-state index contributed by atoms with van der Waals surface area (Å²) in [4.78, 5) is 28.1. The second-order valence-corrected chi connectivity index (χ2v) is 6.77. The Morgan fingerprint density at radius 2 is 1.96 bits per heavy atom. The van der Waals surface area contributed by atoms with Crippen molar-refractivity contribution in [1.29, 1.82) is 0 Å². The van der Waals surface area contributed by atoms with Gasteiger partial charge in [-0.15, -0.1) is 0 Å². The van der Waals surface area contributed by atoms with Gasteiger partial charge in [0.05, 0.1) is 0 Å². The van der Waals surface area contributed by atoms with E-state index in [-0.39, 0.29) is 18.1 Å². The van der Waals surface area contributed by atoms with E-state index in [2.05, 4.69) is 4.90 Å². The van der Waals surface area contributed by atoms with Crippen LogP contribution in [0, 0.1) is 5.92 Å². The van der Waals surface area contributed by atoms with Gasteiger partial charge >= 0.3 is 0 Å². The zero-order valence-electron chi connectivity index (χ0n) is 14.4. The summed E-state index contributed by atoms with van der Waals surface area (Å²) in [6.45, 7) is 7.55. The van der Waals surface area contributed by atoms with Gasteiger partial charge in [-0.05, 0) is 31.2 Å². The predicted octanol–water partition coefficient (Wildman–Crippen LogP) is 0.939. The Morgan fingerprint density at radius 3 is 2.62 bits per heavy atom. The lowest BCUT2D eigenvalue weighted by molar-refractivity contribution is -0.137. The van der Waals surface area contributed by atoms with Crippen LogP contribution in [-0.4, -0.2) is 59.7 Å². The number of pyridine rings is 1. The van der Waals surface area contributed by atoms with Crippen LogP contribution in [0.1, 0.15) is 25.3 Å². The summed E-state index contributed by atoms with van der Waals surface area (Å²) in [7, 11) is 0. The maximum atomic E-state index is 12.0. The van der Waals surface area contributed by atoms with Crippen LogP contribution in [0.5, 0.6) is 0 Å². The molecule has 132 valence electrons. The van der Waals surface area contributed by atoms with Crippen LogP contribution in [-0.2, 0) is 22.6 Å². The molecule has 6 nitrogen and oxygen atoms in total. The van der Waals surface area contributed by atoms with E-state index in [4.69, 9.17) is 4.74 Å². The number of piperazine rings is 1. The number of nitrogens with zero attached hydrogens (tertiary/aromatic N) is 3. The Labute approximate surface area is 143 Å². The van der Waals surface area contributed by atoms with Crippen molar-refractivity contribution in [2.75, 3.05) is 39.4 Å². The Bertz CT molecular complexity index is 616. The fourth-order valence-electron chi connectivity index (χ4n) is 3.09. The Morgan fingerprint density at radius 1 is 1.21 bits per heavy atom. The number of aromatic nitrogens is 1. The number of hydrogen-bond acceptors (Lipinski definition) is 4. The molecule has 0 radical (unpaired) electrons. The zero-order valence-corrected chi connectivity index (χ0v) is 14.4. The van der Waals surface area contributed by atoms with Gasteiger partial charge in [-0.3, -0.25) is 14.5 Å². The summed E-state index contributed by atoms with van der Waals surface area (Å²) in [5.41, 5.74) is 1.27. The van der Waals surface area contributed by atoms with Gasteiger partial charge in [-0.25, -0.2) is 0 Å². The molecule has 0 bridgehead atoms. The highest BCUT2D eigenvalue weighted by atomic mass is 16.5. The van der Waals surface area contributed by atoms with Crippen molar-refractivity contribution in [3.8, 4) is 0 Å². The number of rotatable bonds is 7. The summed E-state index contributed by atoms with van der Waals surface area (Å²) in [5, 5.41) is 0. The second-order valence-electron chi connectivity index (χ2n) is 6.77. The molecule has 0 atom stereocenters. The van der Waals surface area contributed by atoms with Crippen LogP contribution in [0.4, 0.5) is 0 Å². The first-order valence-corrected chi connectivity index (χ1v) is 8.93. The predicted molar refractivity (Wildman–Crippen MR) is 91.8 cm³/mol. The minimum absolute atomic E-state index is 0.0782. The largest absolute Gasteiger partial charge is 0.372 e. The highest BCUT2D eigenvalue weighted by Crippen LogP contribution is 2.30. The Balaban J connectivity index is 1.50. The van der Waals surface area contributed by atoms with Crippen LogP contribution in [0.3, 0.4) is 0 Å². The molecule has 0 spiro atoms. The molecule has 1 amide bonds. The minimum atomic E-state index is 0.0782. The quantitative estimate of drug-likeness (QED) is 0.745. The molecule has 2 fully saturated rings. The average molecular weight is 333 g/mol. The summed E-state index contributed by atoms with van der Waals surface area (Å²) < 4.78 is 7.05. The van der Waals surface area contributed by atoms with Gasteiger partial charge in [0.1, 0.15) is 6.61 Å². The second kappa shape index (κ2) is 7.94. The average Bonchev–Trinajstić information content (AvgIpc) is 3.40. The van der Waals surface area contributed by atoms with E-state index in [1.165, 1.54) is 18.4 Å². The van der Waals surface area contributed by atoms with Gasteiger partial charge in [-0.2, -0.15) is 0 Å². The van der Waals surface area contributed by atoms with E-state index in [1.54, 1.807) is 6.07 Å². The summed E-state index contributed by atoms with van der Waals surface area (Å²) >= 11 is 0. The first kappa shape index (κ1) is 17.2. The molecule has 0 aromatic carbocycles. The lowest BCUT2D eigenvalue weighted by Crippen LogP contribution is -2.49. The third-order valence-corrected chi connectivity index (χ3v) is 4.76. The van der Waals surface area contributed by atoms with Crippen LogP contribution in [0.25, 0.3) is 0 Å².